The number of benzene rings is 2. The van der Waals surface area contributed by atoms with Gasteiger partial charge in [0.25, 0.3) is 0 Å². The molecule has 0 bridgehead atoms. The van der Waals surface area contributed by atoms with E-state index < -0.39 is 5.54 Å². The summed E-state index contributed by atoms with van der Waals surface area (Å²) in [5, 5.41) is 0. The van der Waals surface area contributed by atoms with Gasteiger partial charge >= 0.3 is 0 Å². The lowest BCUT2D eigenvalue weighted by molar-refractivity contribution is -0.116. The van der Waals surface area contributed by atoms with E-state index in [1.165, 1.54) is 0 Å². The number of fused-ring (bicyclic) bond motifs is 1. The number of carbonyl (C=O) groups is 1. The molecule has 0 amide bonds. The minimum Gasteiger partial charge on any atom is -0.497 e. The molecule has 28 heavy (non-hydrogen) atoms. The first kappa shape index (κ1) is 17.9. The van der Waals surface area contributed by atoms with Crippen molar-refractivity contribution >= 4 is 28.1 Å². The Morgan fingerprint density at radius 2 is 1.86 bits per heavy atom. The molecule has 7 heteroatoms. The molecule has 3 N–H and O–H groups in total. The second-order valence-electron chi connectivity index (χ2n) is 7.12. The van der Waals surface area contributed by atoms with Gasteiger partial charge in [0.1, 0.15) is 34.3 Å². The fourth-order valence-corrected chi connectivity index (χ4v) is 3.64. The number of nitrogens with zero attached hydrogens (tertiary/aromatic N) is 2. The highest BCUT2D eigenvalue weighted by Crippen LogP contribution is 2.44. The van der Waals surface area contributed by atoms with Crippen LogP contribution in [0.4, 0.5) is 5.69 Å². The van der Waals surface area contributed by atoms with E-state index in [1.54, 1.807) is 31.3 Å². The number of aromatic amines is 1. The van der Waals surface area contributed by atoms with Gasteiger partial charge in [0.15, 0.2) is 5.78 Å². The summed E-state index contributed by atoms with van der Waals surface area (Å²) in [5.74, 6) is 1.90. The van der Waals surface area contributed by atoms with Crippen molar-refractivity contribution in [3.05, 3.63) is 54.1 Å². The molecule has 1 aliphatic rings. The van der Waals surface area contributed by atoms with Gasteiger partial charge in [0.05, 0.1) is 30.9 Å². The number of nitrogens with two attached hydrogens (primary N) is 1. The maximum Gasteiger partial charge on any atom is 0.195 e. The van der Waals surface area contributed by atoms with Gasteiger partial charge in [-0.2, -0.15) is 0 Å². The molecule has 7 nitrogen and oxygen atoms in total. The zero-order chi connectivity index (χ0) is 20.1. The average Bonchev–Trinajstić information content (AvgIpc) is 3.17. The van der Waals surface area contributed by atoms with Crippen molar-refractivity contribution in [1.29, 1.82) is 0 Å². The maximum atomic E-state index is 13.3. The van der Waals surface area contributed by atoms with Crippen molar-refractivity contribution in [3.8, 4) is 11.5 Å². The summed E-state index contributed by atoms with van der Waals surface area (Å²) < 4.78 is 10.9. The summed E-state index contributed by atoms with van der Waals surface area (Å²) in [6, 6.07) is 13.0. The minimum atomic E-state index is -0.919. The number of methoxy groups -OCH3 is 2. The second-order valence-corrected chi connectivity index (χ2v) is 7.12. The topological polar surface area (TPSA) is 93.5 Å². The molecule has 0 fully saturated rings. The molecule has 1 aromatic heterocycles. The maximum absolute atomic E-state index is 13.3. The van der Waals surface area contributed by atoms with Crippen LogP contribution in [0.25, 0.3) is 16.6 Å². The second kappa shape index (κ2) is 6.30. The van der Waals surface area contributed by atoms with Crippen LogP contribution < -0.4 is 20.1 Å². The Bertz CT molecular complexity index is 1080. The lowest BCUT2D eigenvalue weighted by Gasteiger charge is -2.34. The van der Waals surface area contributed by atoms with Gasteiger partial charge in [-0.05, 0) is 38.1 Å². The largest absolute Gasteiger partial charge is 0.497 e. The monoisotopic (exact) mass is 378 g/mol. The zero-order valence-electron chi connectivity index (χ0n) is 16.2. The summed E-state index contributed by atoms with van der Waals surface area (Å²) in [4.78, 5) is 22.9. The first-order chi connectivity index (χ1) is 13.4. The van der Waals surface area contributed by atoms with Crippen LogP contribution in [0.3, 0.4) is 0 Å². The third-order valence-electron chi connectivity index (χ3n) is 5.09. The number of carbonyl (C=O) groups excluding carboxylic acids is 1. The summed E-state index contributed by atoms with van der Waals surface area (Å²) >= 11 is 0. The molecule has 0 saturated heterocycles. The number of hydrogen-bond donors (Lipinski definition) is 2. The normalized spacial score (nSPS) is 16.1. The molecular weight excluding hydrogens is 356 g/mol. The molecule has 0 saturated carbocycles. The van der Waals surface area contributed by atoms with E-state index in [9.17, 15) is 4.79 Å². The van der Waals surface area contributed by atoms with E-state index in [4.69, 9.17) is 15.2 Å². The van der Waals surface area contributed by atoms with Gasteiger partial charge in [0, 0.05) is 6.07 Å². The minimum absolute atomic E-state index is 0.117. The van der Waals surface area contributed by atoms with Crippen molar-refractivity contribution in [2.45, 2.75) is 19.4 Å². The summed E-state index contributed by atoms with van der Waals surface area (Å²) in [5.41, 5.74) is 8.25. The number of ether oxygens (including phenoxy) is 2. The fourth-order valence-electron chi connectivity index (χ4n) is 3.64. The molecule has 3 aromatic rings. The van der Waals surface area contributed by atoms with Crippen molar-refractivity contribution in [1.82, 2.24) is 9.97 Å². The van der Waals surface area contributed by atoms with Gasteiger partial charge in [-0.1, -0.05) is 12.1 Å². The summed E-state index contributed by atoms with van der Waals surface area (Å²) in [7, 11) is 3.17. The van der Waals surface area contributed by atoms with Crippen LogP contribution in [0.15, 0.2) is 48.3 Å². The summed E-state index contributed by atoms with van der Waals surface area (Å²) in [6.45, 7) is 3.66. The first-order valence-electron chi connectivity index (χ1n) is 8.90. The highest BCUT2D eigenvalue weighted by molar-refractivity contribution is 6.29. The van der Waals surface area contributed by atoms with Crippen LogP contribution in [0.5, 0.6) is 11.5 Å². The van der Waals surface area contributed by atoms with Crippen LogP contribution in [0.2, 0.25) is 0 Å². The number of hydrogen-bond acceptors (Lipinski definition) is 6. The smallest absolute Gasteiger partial charge is 0.195 e. The number of anilines is 1. The fraction of sp³-hybridized carbons (Fsp3) is 0.238. The molecule has 144 valence electrons. The molecule has 0 aliphatic carbocycles. The Hall–Kier alpha value is -3.48. The van der Waals surface area contributed by atoms with Gasteiger partial charge in [-0.25, -0.2) is 4.98 Å². The van der Waals surface area contributed by atoms with E-state index >= 15 is 0 Å². The summed E-state index contributed by atoms with van der Waals surface area (Å²) in [6.07, 6.45) is 0. The number of nitrogens with one attached hydrogen (secondary N) is 1. The van der Waals surface area contributed by atoms with Crippen molar-refractivity contribution in [2.75, 3.05) is 19.1 Å². The Labute approximate surface area is 162 Å². The number of imidazole rings is 1. The van der Waals surface area contributed by atoms with Crippen molar-refractivity contribution in [3.63, 3.8) is 0 Å². The Morgan fingerprint density at radius 3 is 2.54 bits per heavy atom. The number of ketones is 1. The van der Waals surface area contributed by atoms with Gasteiger partial charge in [-0.3, -0.25) is 4.79 Å². The highest BCUT2D eigenvalue weighted by atomic mass is 16.5. The van der Waals surface area contributed by atoms with Crippen LogP contribution in [-0.2, 0) is 4.79 Å². The number of para-hydroxylation sites is 2. The zero-order valence-corrected chi connectivity index (χ0v) is 16.2. The van der Waals surface area contributed by atoms with Crippen LogP contribution in [-0.4, -0.2) is 35.5 Å². The molecule has 0 unspecified atom stereocenters. The Morgan fingerprint density at radius 1 is 1.11 bits per heavy atom. The van der Waals surface area contributed by atoms with E-state index in [1.807, 2.05) is 44.2 Å². The lowest BCUT2D eigenvalue weighted by Crippen LogP contribution is -2.45. The third kappa shape index (κ3) is 2.51. The SMILES string of the molecule is COc1ccc(OC)c(N2C(N)=C(c3nc4ccccc4[nH]3)C(=O)C2(C)C)c1. The average molecular weight is 378 g/mol. The van der Waals surface area contributed by atoms with Gasteiger partial charge in [0.2, 0.25) is 0 Å². The van der Waals surface area contributed by atoms with Gasteiger partial charge < -0.3 is 25.1 Å². The predicted molar refractivity (Wildman–Crippen MR) is 108 cm³/mol. The Balaban J connectivity index is 1.92. The number of Topliss-reactive ketones (excluding diaryl/α,β-unsaturated/α-hetero) is 1. The molecule has 4 rings (SSSR count). The quantitative estimate of drug-likeness (QED) is 0.725. The molecule has 2 heterocycles. The molecule has 0 spiro atoms. The van der Waals surface area contributed by atoms with E-state index in [-0.39, 0.29) is 5.78 Å². The van der Waals surface area contributed by atoms with E-state index in [0.29, 0.717) is 34.4 Å². The third-order valence-corrected chi connectivity index (χ3v) is 5.09. The Kier molecular flexibility index (Phi) is 4.03. The van der Waals surface area contributed by atoms with Gasteiger partial charge in [-0.15, -0.1) is 0 Å². The van der Waals surface area contributed by atoms with E-state index in [2.05, 4.69) is 9.97 Å². The number of H-pyrrole nitrogens is 1. The molecule has 2 aromatic carbocycles. The van der Waals surface area contributed by atoms with E-state index in [0.717, 1.165) is 11.0 Å². The first-order valence-corrected chi connectivity index (χ1v) is 8.90. The predicted octanol–water partition coefficient (Wildman–Crippen LogP) is 3.08. The van der Waals surface area contributed by atoms with Crippen molar-refractivity contribution in [2.24, 2.45) is 5.73 Å². The van der Waals surface area contributed by atoms with Crippen LogP contribution in [0, 0.1) is 0 Å². The molecule has 0 radical (unpaired) electrons. The van der Waals surface area contributed by atoms with Crippen LogP contribution in [0.1, 0.15) is 19.7 Å². The number of aromatic nitrogens is 2. The lowest BCUT2D eigenvalue weighted by atomic mass is 9.95. The van der Waals surface area contributed by atoms with Crippen LogP contribution >= 0.6 is 0 Å². The molecule has 1 aliphatic heterocycles. The van der Waals surface area contributed by atoms with Crippen molar-refractivity contribution < 1.29 is 14.3 Å². The molecular formula is C21H22N4O3. The highest BCUT2D eigenvalue weighted by Gasteiger charge is 2.48. The molecule has 0 atom stereocenters. The standard InChI is InChI=1S/C21H22N4O3/c1-21(2)18(26)17(20-23-13-7-5-6-8-14(13)24-20)19(22)25(21)15-11-12(27-3)9-10-16(15)28-4/h5-11H,22H2,1-4H3,(H,23,24). The number of rotatable bonds is 4.